The van der Waals surface area contributed by atoms with E-state index in [2.05, 4.69) is 46.9 Å². The standard InChI is InChI=1S/C22H33N5O/c1-3-23-21(25-18-22(10-6-11-22)12-15-28-2)24-16-19-8-4-5-9-20(19)17-27-14-7-13-26-27/h4-5,7-9,13-14H,3,6,10-12,15-18H2,1-2H3,(H2,23,24,25). The maximum Gasteiger partial charge on any atom is 0.191 e. The molecular formula is C22H33N5O. The minimum Gasteiger partial charge on any atom is -0.385 e. The van der Waals surface area contributed by atoms with Crippen molar-refractivity contribution < 1.29 is 4.74 Å². The molecule has 28 heavy (non-hydrogen) atoms. The molecular weight excluding hydrogens is 350 g/mol. The third-order valence-electron chi connectivity index (χ3n) is 5.64. The Labute approximate surface area is 168 Å². The lowest BCUT2D eigenvalue weighted by molar-refractivity contribution is 0.0732. The van der Waals surface area contributed by atoms with Crippen molar-refractivity contribution in [3.63, 3.8) is 0 Å². The van der Waals surface area contributed by atoms with E-state index in [1.165, 1.54) is 30.4 Å². The molecule has 0 radical (unpaired) electrons. The maximum atomic E-state index is 5.31. The predicted octanol–water partition coefficient (Wildman–Crippen LogP) is 3.19. The summed E-state index contributed by atoms with van der Waals surface area (Å²) in [7, 11) is 1.78. The van der Waals surface area contributed by atoms with Gasteiger partial charge in [0.05, 0.1) is 13.1 Å². The van der Waals surface area contributed by atoms with E-state index in [4.69, 9.17) is 9.73 Å². The van der Waals surface area contributed by atoms with E-state index in [1.54, 1.807) is 7.11 Å². The fraction of sp³-hybridized carbons (Fsp3) is 0.545. The average Bonchev–Trinajstić information content (AvgIpc) is 3.19. The second-order valence-electron chi connectivity index (χ2n) is 7.62. The largest absolute Gasteiger partial charge is 0.385 e. The molecule has 1 fully saturated rings. The van der Waals surface area contributed by atoms with E-state index in [0.29, 0.717) is 12.0 Å². The highest BCUT2D eigenvalue weighted by molar-refractivity contribution is 5.79. The quantitative estimate of drug-likeness (QED) is 0.489. The summed E-state index contributed by atoms with van der Waals surface area (Å²) in [6, 6.07) is 10.4. The van der Waals surface area contributed by atoms with Crippen molar-refractivity contribution in [1.82, 2.24) is 20.4 Å². The molecule has 0 spiro atoms. The van der Waals surface area contributed by atoms with Crippen LogP contribution in [-0.4, -0.2) is 42.5 Å². The minimum absolute atomic E-state index is 0.365. The van der Waals surface area contributed by atoms with Crippen LogP contribution in [0.2, 0.25) is 0 Å². The van der Waals surface area contributed by atoms with E-state index >= 15 is 0 Å². The van der Waals surface area contributed by atoms with Gasteiger partial charge in [0.15, 0.2) is 5.96 Å². The molecule has 0 atom stereocenters. The van der Waals surface area contributed by atoms with Gasteiger partial charge < -0.3 is 15.4 Å². The van der Waals surface area contributed by atoms with Gasteiger partial charge in [-0.25, -0.2) is 4.99 Å². The second-order valence-corrected chi connectivity index (χ2v) is 7.62. The van der Waals surface area contributed by atoms with Gasteiger partial charge in [0, 0.05) is 39.2 Å². The van der Waals surface area contributed by atoms with Gasteiger partial charge >= 0.3 is 0 Å². The normalized spacial score (nSPS) is 15.9. The molecule has 1 aromatic heterocycles. The van der Waals surface area contributed by atoms with Crippen molar-refractivity contribution in [2.45, 2.75) is 45.7 Å². The van der Waals surface area contributed by atoms with Crippen LogP contribution in [0.4, 0.5) is 0 Å². The van der Waals surface area contributed by atoms with Gasteiger partial charge in [-0.05, 0) is 48.8 Å². The number of aliphatic imine (C=N–C) groups is 1. The van der Waals surface area contributed by atoms with Gasteiger partial charge in [-0.15, -0.1) is 0 Å². The van der Waals surface area contributed by atoms with Gasteiger partial charge in [0.1, 0.15) is 0 Å². The fourth-order valence-electron chi connectivity index (χ4n) is 3.72. The van der Waals surface area contributed by atoms with Gasteiger partial charge in [-0.2, -0.15) is 5.10 Å². The molecule has 6 nitrogen and oxygen atoms in total. The molecule has 0 amide bonds. The number of methoxy groups -OCH3 is 1. The Hall–Kier alpha value is -2.34. The Balaban J connectivity index is 1.63. The van der Waals surface area contributed by atoms with E-state index in [-0.39, 0.29) is 0 Å². The van der Waals surface area contributed by atoms with Gasteiger partial charge in [-0.1, -0.05) is 30.7 Å². The van der Waals surface area contributed by atoms with Crippen LogP contribution in [0.15, 0.2) is 47.7 Å². The lowest BCUT2D eigenvalue weighted by atomic mass is 9.67. The number of nitrogens with one attached hydrogen (secondary N) is 2. The highest BCUT2D eigenvalue weighted by Crippen LogP contribution is 2.43. The predicted molar refractivity (Wildman–Crippen MR) is 113 cm³/mol. The zero-order chi connectivity index (χ0) is 19.7. The molecule has 0 aliphatic heterocycles. The van der Waals surface area contributed by atoms with Crippen LogP contribution < -0.4 is 10.6 Å². The lowest BCUT2D eigenvalue weighted by Crippen LogP contribution is -2.47. The van der Waals surface area contributed by atoms with E-state index < -0.39 is 0 Å². The maximum absolute atomic E-state index is 5.31. The Morgan fingerprint density at radius 1 is 1.21 bits per heavy atom. The van der Waals surface area contributed by atoms with E-state index in [1.807, 2.05) is 23.1 Å². The van der Waals surface area contributed by atoms with Crippen LogP contribution in [-0.2, 0) is 17.8 Å². The summed E-state index contributed by atoms with van der Waals surface area (Å²) < 4.78 is 7.25. The third-order valence-corrected chi connectivity index (χ3v) is 5.64. The summed E-state index contributed by atoms with van der Waals surface area (Å²) in [6.07, 6.45) is 8.78. The first kappa shape index (κ1) is 20.4. The van der Waals surface area contributed by atoms with Crippen molar-refractivity contribution in [1.29, 1.82) is 0 Å². The summed E-state index contributed by atoms with van der Waals surface area (Å²) in [4.78, 5) is 4.85. The number of guanidine groups is 1. The first-order valence-electron chi connectivity index (χ1n) is 10.3. The van der Waals surface area contributed by atoms with Crippen molar-refractivity contribution in [3.05, 3.63) is 53.9 Å². The zero-order valence-electron chi connectivity index (χ0n) is 17.2. The van der Waals surface area contributed by atoms with E-state index in [9.17, 15) is 0 Å². The smallest absolute Gasteiger partial charge is 0.191 e. The van der Waals surface area contributed by atoms with Crippen molar-refractivity contribution in [2.24, 2.45) is 10.4 Å². The highest BCUT2D eigenvalue weighted by atomic mass is 16.5. The second kappa shape index (κ2) is 10.3. The molecule has 1 heterocycles. The van der Waals surface area contributed by atoms with Crippen LogP contribution in [0.3, 0.4) is 0 Å². The third kappa shape index (κ3) is 5.58. The topological polar surface area (TPSA) is 63.5 Å². The average molecular weight is 384 g/mol. The molecule has 0 bridgehead atoms. The number of rotatable bonds is 10. The Kier molecular flexibility index (Phi) is 7.48. The first-order valence-corrected chi connectivity index (χ1v) is 10.3. The summed E-state index contributed by atoms with van der Waals surface area (Å²) in [5.41, 5.74) is 2.85. The van der Waals surface area contributed by atoms with E-state index in [0.717, 1.165) is 38.6 Å². The van der Waals surface area contributed by atoms with Crippen molar-refractivity contribution in [3.8, 4) is 0 Å². The number of nitrogens with zero attached hydrogens (tertiary/aromatic N) is 3. The molecule has 1 aliphatic rings. The molecule has 0 unspecified atom stereocenters. The number of benzene rings is 1. The van der Waals surface area contributed by atoms with Crippen molar-refractivity contribution in [2.75, 3.05) is 26.8 Å². The van der Waals surface area contributed by atoms with Crippen molar-refractivity contribution >= 4 is 5.96 Å². The molecule has 1 aromatic carbocycles. The Morgan fingerprint density at radius 3 is 2.68 bits per heavy atom. The number of hydrogen-bond donors (Lipinski definition) is 2. The summed E-state index contributed by atoms with van der Waals surface area (Å²) in [5, 5.41) is 11.3. The minimum atomic E-state index is 0.365. The molecule has 2 aromatic rings. The fourth-order valence-corrected chi connectivity index (χ4v) is 3.72. The molecule has 2 N–H and O–H groups in total. The molecule has 152 valence electrons. The van der Waals surface area contributed by atoms with Gasteiger partial charge in [0.2, 0.25) is 0 Å². The zero-order valence-corrected chi connectivity index (χ0v) is 17.2. The van der Waals surface area contributed by atoms with Crippen LogP contribution >= 0.6 is 0 Å². The van der Waals surface area contributed by atoms with Gasteiger partial charge in [-0.3, -0.25) is 4.68 Å². The van der Waals surface area contributed by atoms with Crippen LogP contribution in [0.1, 0.15) is 43.7 Å². The monoisotopic (exact) mass is 383 g/mol. The van der Waals surface area contributed by atoms with Crippen LogP contribution in [0.25, 0.3) is 0 Å². The Bertz CT molecular complexity index is 737. The Morgan fingerprint density at radius 2 is 2.04 bits per heavy atom. The number of aromatic nitrogens is 2. The highest BCUT2D eigenvalue weighted by Gasteiger charge is 2.36. The van der Waals surface area contributed by atoms with Gasteiger partial charge in [0.25, 0.3) is 0 Å². The molecule has 1 aliphatic carbocycles. The molecule has 1 saturated carbocycles. The first-order chi connectivity index (χ1) is 13.7. The number of ether oxygens (including phenoxy) is 1. The van der Waals surface area contributed by atoms with Crippen LogP contribution in [0.5, 0.6) is 0 Å². The number of hydrogen-bond acceptors (Lipinski definition) is 3. The molecule has 3 rings (SSSR count). The lowest BCUT2D eigenvalue weighted by Gasteiger charge is -2.42. The SMILES string of the molecule is CCNC(=NCc1ccccc1Cn1cccn1)NCC1(CCOC)CCC1. The summed E-state index contributed by atoms with van der Waals surface area (Å²) >= 11 is 0. The van der Waals surface area contributed by atoms with Crippen LogP contribution in [0, 0.1) is 5.41 Å². The summed E-state index contributed by atoms with van der Waals surface area (Å²) in [6.45, 7) is 6.16. The summed E-state index contributed by atoms with van der Waals surface area (Å²) in [5.74, 6) is 0.889. The molecule has 6 heteroatoms. The molecule has 0 saturated heterocycles.